The van der Waals surface area contributed by atoms with Gasteiger partial charge in [-0.3, -0.25) is 0 Å². The summed E-state index contributed by atoms with van der Waals surface area (Å²) in [6.45, 7) is 2.80. The molecule has 0 aliphatic heterocycles. The maximum atomic E-state index is 11.2. The Balaban J connectivity index is 3.22. The first kappa shape index (κ1) is 25.9. The van der Waals surface area contributed by atoms with Gasteiger partial charge in [-0.05, 0) is 66.9 Å². The fourth-order valence-corrected chi connectivity index (χ4v) is 2.91. The molecule has 0 aromatic heterocycles. The quantitative estimate of drug-likeness (QED) is 0.153. The van der Waals surface area contributed by atoms with Crippen LogP contribution >= 0.6 is 34.8 Å². The van der Waals surface area contributed by atoms with Crippen molar-refractivity contribution < 1.29 is 9.53 Å². The van der Waals surface area contributed by atoms with Crippen LogP contribution in [0, 0.1) is 0 Å². The van der Waals surface area contributed by atoms with Crippen molar-refractivity contribution in [1.29, 1.82) is 0 Å². The third kappa shape index (κ3) is 21.9. The summed E-state index contributed by atoms with van der Waals surface area (Å²) in [5.74, 6) is 0. The zero-order valence-corrected chi connectivity index (χ0v) is 18.5. The predicted molar refractivity (Wildman–Crippen MR) is 114 cm³/mol. The summed E-state index contributed by atoms with van der Waals surface area (Å²) in [6, 6.07) is 0. The maximum absolute atomic E-state index is 11.2. The number of alkyl carbamates (subject to hydrolysis) is 1. The molecule has 0 fully saturated rings. The lowest BCUT2D eigenvalue weighted by atomic mass is 10.1. The number of ether oxygens (including phenoxy) is 1. The molecule has 6 heteroatoms. The fourth-order valence-electron chi connectivity index (χ4n) is 2.70. The molecule has 154 valence electrons. The Morgan fingerprint density at radius 2 is 1.27 bits per heavy atom. The van der Waals surface area contributed by atoms with Crippen molar-refractivity contribution in [2.45, 2.75) is 101 Å². The number of amides is 1. The second-order valence-corrected chi connectivity index (χ2v) is 8.88. The largest absolute Gasteiger partial charge is 0.410 e. The highest BCUT2D eigenvalue weighted by Crippen LogP contribution is 2.27. The minimum atomic E-state index is -1.99. The van der Waals surface area contributed by atoms with Crippen LogP contribution in [0.4, 0.5) is 4.79 Å². The van der Waals surface area contributed by atoms with E-state index in [0.29, 0.717) is 6.54 Å². The van der Waals surface area contributed by atoms with E-state index in [4.69, 9.17) is 34.8 Å². The number of unbranched alkanes of at least 4 members (excludes halogenated alkanes) is 12. The molecule has 0 aliphatic rings. The summed E-state index contributed by atoms with van der Waals surface area (Å²) in [5, 5.41) is 2.57. The number of halogens is 3. The molecule has 0 aliphatic carbocycles. The Hall–Kier alpha value is -0.120. The lowest BCUT2D eigenvalue weighted by molar-refractivity contribution is 0.144. The molecule has 0 heterocycles. The molecule has 0 rings (SSSR count). The molecule has 1 amide bonds. The number of allylic oxidation sites excluding steroid dienone is 2. The molecule has 1 N–H and O–H groups in total. The molecular weight excluding hydrogens is 393 g/mol. The zero-order chi connectivity index (χ0) is 19.5. The van der Waals surface area contributed by atoms with Gasteiger partial charge in [0, 0.05) is 6.54 Å². The topological polar surface area (TPSA) is 38.3 Å². The third-order valence-corrected chi connectivity index (χ3v) is 4.40. The number of carbonyl (C=O) groups is 1. The molecule has 0 bridgehead atoms. The number of hydrogen-bond donors (Lipinski definition) is 1. The molecule has 0 aromatic rings. The van der Waals surface area contributed by atoms with Crippen LogP contribution in [-0.2, 0) is 4.74 Å². The smallest absolute Gasteiger partial charge is 0.398 e. The first-order chi connectivity index (χ1) is 12.5. The highest BCUT2D eigenvalue weighted by atomic mass is 35.6. The van der Waals surface area contributed by atoms with E-state index in [1.807, 2.05) is 0 Å². The number of nitrogens with one attached hydrogen (secondary N) is 1. The number of alkyl halides is 3. The molecule has 0 aromatic carbocycles. The van der Waals surface area contributed by atoms with Gasteiger partial charge in [0.15, 0.2) is 0 Å². The molecule has 0 radical (unpaired) electrons. The number of carbonyl (C=O) groups excluding carboxylic acids is 1. The van der Waals surface area contributed by atoms with E-state index in [-0.39, 0.29) is 0 Å². The van der Waals surface area contributed by atoms with E-state index in [0.717, 1.165) is 12.8 Å². The van der Waals surface area contributed by atoms with Gasteiger partial charge >= 0.3 is 10.1 Å². The Labute approximate surface area is 175 Å². The summed E-state index contributed by atoms with van der Waals surface area (Å²) in [7, 11) is 0. The monoisotopic (exact) mass is 427 g/mol. The van der Waals surface area contributed by atoms with Crippen LogP contribution in [-0.4, -0.2) is 16.6 Å². The van der Waals surface area contributed by atoms with E-state index in [2.05, 4.69) is 29.1 Å². The van der Waals surface area contributed by atoms with E-state index in [9.17, 15) is 4.79 Å². The van der Waals surface area contributed by atoms with Crippen LogP contribution in [0.25, 0.3) is 0 Å². The number of rotatable bonds is 16. The summed E-state index contributed by atoms with van der Waals surface area (Å²) in [6.07, 6.45) is 21.6. The molecule has 0 saturated carbocycles. The summed E-state index contributed by atoms with van der Waals surface area (Å²) in [5.41, 5.74) is 0. The zero-order valence-electron chi connectivity index (χ0n) is 16.2. The van der Waals surface area contributed by atoms with Crippen molar-refractivity contribution in [3.8, 4) is 0 Å². The van der Waals surface area contributed by atoms with Gasteiger partial charge in [0.25, 0.3) is 0 Å². The molecule has 0 atom stereocenters. The molecule has 0 saturated heterocycles. The van der Waals surface area contributed by atoms with E-state index in [1.165, 1.54) is 77.0 Å². The molecule has 3 nitrogen and oxygen atoms in total. The SMILES string of the molecule is CCCCCCCC/C=C\CCCCCCCCNC(=O)OC(Cl)(Cl)Cl. The highest BCUT2D eigenvalue weighted by Gasteiger charge is 2.24. The third-order valence-electron chi connectivity index (χ3n) is 4.17. The van der Waals surface area contributed by atoms with Gasteiger partial charge in [0.1, 0.15) is 0 Å². The van der Waals surface area contributed by atoms with Gasteiger partial charge < -0.3 is 10.1 Å². The maximum Gasteiger partial charge on any atom is 0.410 e. The lowest BCUT2D eigenvalue weighted by Gasteiger charge is -2.12. The second kappa shape index (κ2) is 18.3. The minimum Gasteiger partial charge on any atom is -0.398 e. The van der Waals surface area contributed by atoms with E-state index >= 15 is 0 Å². The Morgan fingerprint density at radius 3 is 1.77 bits per heavy atom. The van der Waals surface area contributed by atoms with Crippen molar-refractivity contribution >= 4 is 40.9 Å². The molecule has 0 unspecified atom stereocenters. The summed E-state index contributed by atoms with van der Waals surface area (Å²) < 4.78 is 2.51. The number of hydrogen-bond acceptors (Lipinski definition) is 2. The van der Waals surface area contributed by atoms with Crippen molar-refractivity contribution in [1.82, 2.24) is 5.32 Å². The van der Waals surface area contributed by atoms with Crippen molar-refractivity contribution in [2.75, 3.05) is 6.54 Å². The predicted octanol–water partition coefficient (Wildman–Crippen LogP) is 8.08. The standard InChI is InChI=1S/C20H36Cl3NO2/c1-2-3-4-5-6-7-8-9-10-11-12-13-14-15-16-17-18-24-19(25)26-20(21,22)23/h9-10H,2-8,11-18H2,1H3,(H,24,25)/b10-9-. The van der Waals surface area contributed by atoms with Crippen LogP contribution in [0.3, 0.4) is 0 Å². The first-order valence-corrected chi connectivity index (χ1v) is 11.3. The summed E-state index contributed by atoms with van der Waals surface area (Å²) in [4.78, 5) is 11.2. The first-order valence-electron chi connectivity index (χ1n) is 10.1. The van der Waals surface area contributed by atoms with Gasteiger partial charge in [-0.2, -0.15) is 0 Å². The second-order valence-electron chi connectivity index (χ2n) is 6.70. The lowest BCUT2D eigenvalue weighted by Crippen LogP contribution is -2.29. The van der Waals surface area contributed by atoms with Crippen LogP contribution < -0.4 is 5.32 Å². The van der Waals surface area contributed by atoms with Crippen LogP contribution in [0.1, 0.15) is 96.8 Å². The van der Waals surface area contributed by atoms with Crippen LogP contribution in [0.2, 0.25) is 0 Å². The average molecular weight is 429 g/mol. The molecular formula is C20H36Cl3NO2. The van der Waals surface area contributed by atoms with E-state index < -0.39 is 10.1 Å². The van der Waals surface area contributed by atoms with Gasteiger partial charge in [0.05, 0.1) is 0 Å². The van der Waals surface area contributed by atoms with Crippen LogP contribution in [0.15, 0.2) is 12.2 Å². The minimum absolute atomic E-state index is 0.542. The van der Waals surface area contributed by atoms with Crippen LogP contribution in [0.5, 0.6) is 0 Å². The Kier molecular flexibility index (Phi) is 18.2. The van der Waals surface area contributed by atoms with Gasteiger partial charge in [-0.25, -0.2) is 4.79 Å². The van der Waals surface area contributed by atoms with Gasteiger partial charge in [0.2, 0.25) is 0 Å². The highest BCUT2D eigenvalue weighted by molar-refractivity contribution is 6.66. The van der Waals surface area contributed by atoms with Crippen molar-refractivity contribution in [2.24, 2.45) is 0 Å². The van der Waals surface area contributed by atoms with E-state index in [1.54, 1.807) is 0 Å². The molecule has 0 spiro atoms. The summed E-state index contributed by atoms with van der Waals surface area (Å²) >= 11 is 16.1. The fraction of sp³-hybridized carbons (Fsp3) is 0.850. The average Bonchev–Trinajstić information content (AvgIpc) is 2.56. The van der Waals surface area contributed by atoms with Gasteiger partial charge in [-0.1, -0.05) is 76.9 Å². The Morgan fingerprint density at radius 1 is 0.808 bits per heavy atom. The van der Waals surface area contributed by atoms with Crippen molar-refractivity contribution in [3.05, 3.63) is 12.2 Å². The molecule has 26 heavy (non-hydrogen) atoms. The normalized spacial score (nSPS) is 11.8. The van der Waals surface area contributed by atoms with Crippen molar-refractivity contribution in [3.63, 3.8) is 0 Å². The Bertz CT molecular complexity index is 357. The van der Waals surface area contributed by atoms with Gasteiger partial charge in [-0.15, -0.1) is 0 Å².